The highest BCUT2D eigenvalue weighted by molar-refractivity contribution is 5.26. The van der Waals surface area contributed by atoms with E-state index in [0.29, 0.717) is 0 Å². The summed E-state index contributed by atoms with van der Waals surface area (Å²) in [7, 11) is 0. The number of rotatable bonds is 5. The molecule has 2 N–H and O–H groups in total. The Bertz CT molecular complexity index is 298. The molecular weight excluding hydrogens is 182 g/mol. The number of hydrogen-bond donors (Lipinski definition) is 1. The first kappa shape index (κ1) is 10.7. The van der Waals surface area contributed by atoms with E-state index >= 15 is 0 Å². The first-order valence-corrected chi connectivity index (χ1v) is 6.14. The summed E-state index contributed by atoms with van der Waals surface area (Å²) in [6.45, 7) is 3.02. The Hall–Kier alpha value is -0.820. The molecule has 82 valence electrons. The molecule has 1 saturated carbocycles. The van der Waals surface area contributed by atoms with Crippen molar-refractivity contribution in [3.63, 3.8) is 0 Å². The van der Waals surface area contributed by atoms with Crippen LogP contribution in [0.5, 0.6) is 0 Å². The summed E-state index contributed by atoms with van der Waals surface area (Å²) in [4.78, 5) is 0. The maximum atomic E-state index is 5.69. The summed E-state index contributed by atoms with van der Waals surface area (Å²) in [5.74, 6) is 1.64. The molecule has 1 aromatic carbocycles. The highest BCUT2D eigenvalue weighted by Crippen LogP contribution is 2.44. The Kier molecular flexibility index (Phi) is 3.42. The molecule has 1 aromatic rings. The molecule has 1 atom stereocenters. The zero-order valence-corrected chi connectivity index (χ0v) is 9.58. The largest absolute Gasteiger partial charge is 0.330 e. The van der Waals surface area contributed by atoms with Gasteiger partial charge in [0.25, 0.3) is 0 Å². The number of nitrogens with two attached hydrogens (primary N) is 1. The van der Waals surface area contributed by atoms with Gasteiger partial charge < -0.3 is 5.73 Å². The molecule has 1 heteroatoms. The lowest BCUT2D eigenvalue weighted by Crippen LogP contribution is -2.09. The Balaban J connectivity index is 2.10. The van der Waals surface area contributed by atoms with Gasteiger partial charge in [0.1, 0.15) is 0 Å². The van der Waals surface area contributed by atoms with Crippen molar-refractivity contribution in [2.75, 3.05) is 6.54 Å². The van der Waals surface area contributed by atoms with E-state index in [4.69, 9.17) is 5.73 Å². The molecule has 1 fully saturated rings. The molecule has 0 heterocycles. The lowest BCUT2D eigenvalue weighted by atomic mass is 9.90. The van der Waals surface area contributed by atoms with E-state index in [-0.39, 0.29) is 0 Å². The van der Waals surface area contributed by atoms with Gasteiger partial charge in [-0.3, -0.25) is 0 Å². The molecule has 0 aliphatic heterocycles. The molecule has 1 nitrogen and oxygen atoms in total. The van der Waals surface area contributed by atoms with Crippen LogP contribution in [0.4, 0.5) is 0 Å². The van der Waals surface area contributed by atoms with Gasteiger partial charge in [-0.2, -0.15) is 0 Å². The third-order valence-corrected chi connectivity index (χ3v) is 3.48. The number of aryl methyl sites for hydroxylation is 1. The molecule has 0 saturated heterocycles. The van der Waals surface area contributed by atoms with Crippen molar-refractivity contribution in [1.82, 2.24) is 0 Å². The highest BCUT2D eigenvalue weighted by atomic mass is 14.5. The standard InChI is InChI=1S/C14H21N/c1-2-11-3-5-12(6-4-11)14(9-10-15)13-7-8-13/h3-6,13-14H,2,7-10,15H2,1H3. The van der Waals surface area contributed by atoms with Crippen LogP contribution in [0.3, 0.4) is 0 Å². The van der Waals surface area contributed by atoms with Gasteiger partial charge in [0.05, 0.1) is 0 Å². The van der Waals surface area contributed by atoms with Gasteiger partial charge in [-0.05, 0) is 55.2 Å². The highest BCUT2D eigenvalue weighted by Gasteiger charge is 2.31. The minimum atomic E-state index is 0.723. The quantitative estimate of drug-likeness (QED) is 0.782. The maximum absolute atomic E-state index is 5.69. The van der Waals surface area contributed by atoms with Crippen LogP contribution in [0.15, 0.2) is 24.3 Å². The Morgan fingerprint density at radius 2 is 1.93 bits per heavy atom. The van der Waals surface area contributed by atoms with Crippen LogP contribution in [0.1, 0.15) is 43.2 Å². The fourth-order valence-corrected chi connectivity index (χ4v) is 2.35. The molecule has 0 bridgehead atoms. The minimum Gasteiger partial charge on any atom is -0.330 e. The molecule has 0 aromatic heterocycles. The van der Waals surface area contributed by atoms with Crippen molar-refractivity contribution in [1.29, 1.82) is 0 Å². The zero-order chi connectivity index (χ0) is 10.7. The van der Waals surface area contributed by atoms with E-state index in [9.17, 15) is 0 Å². The van der Waals surface area contributed by atoms with E-state index < -0.39 is 0 Å². The molecule has 0 spiro atoms. The predicted octanol–water partition coefficient (Wildman–Crippen LogP) is 3.09. The fraction of sp³-hybridized carbons (Fsp3) is 0.571. The molecule has 2 rings (SSSR count). The summed E-state index contributed by atoms with van der Waals surface area (Å²) in [6, 6.07) is 9.14. The lowest BCUT2D eigenvalue weighted by Gasteiger charge is -2.16. The van der Waals surface area contributed by atoms with Gasteiger partial charge in [0.15, 0.2) is 0 Å². The fourth-order valence-electron chi connectivity index (χ4n) is 2.35. The molecule has 15 heavy (non-hydrogen) atoms. The molecule has 0 amide bonds. The molecule has 1 aliphatic rings. The second-order valence-corrected chi connectivity index (χ2v) is 4.62. The van der Waals surface area contributed by atoms with Crippen LogP contribution >= 0.6 is 0 Å². The normalized spacial score (nSPS) is 17.7. The molecule has 1 unspecified atom stereocenters. The third-order valence-electron chi connectivity index (χ3n) is 3.48. The zero-order valence-electron chi connectivity index (χ0n) is 9.58. The summed E-state index contributed by atoms with van der Waals surface area (Å²) >= 11 is 0. The van der Waals surface area contributed by atoms with E-state index in [2.05, 4.69) is 31.2 Å². The van der Waals surface area contributed by atoms with E-state index in [0.717, 1.165) is 31.2 Å². The summed E-state index contributed by atoms with van der Waals surface area (Å²) in [5, 5.41) is 0. The Morgan fingerprint density at radius 1 is 1.27 bits per heavy atom. The van der Waals surface area contributed by atoms with Gasteiger partial charge in [0.2, 0.25) is 0 Å². The first-order valence-electron chi connectivity index (χ1n) is 6.14. The van der Waals surface area contributed by atoms with Crippen molar-refractivity contribution in [2.45, 2.75) is 38.5 Å². The maximum Gasteiger partial charge on any atom is -0.00713 e. The van der Waals surface area contributed by atoms with Gasteiger partial charge in [0, 0.05) is 0 Å². The lowest BCUT2D eigenvalue weighted by molar-refractivity contribution is 0.565. The first-order chi connectivity index (χ1) is 7.35. The summed E-state index contributed by atoms with van der Waals surface area (Å²) in [6.07, 6.45) is 5.09. The second kappa shape index (κ2) is 4.80. The van der Waals surface area contributed by atoms with Crippen LogP contribution in [0.2, 0.25) is 0 Å². The second-order valence-electron chi connectivity index (χ2n) is 4.62. The Labute approximate surface area is 92.7 Å². The van der Waals surface area contributed by atoms with Crippen LogP contribution in [0.25, 0.3) is 0 Å². The molecule has 0 radical (unpaired) electrons. The van der Waals surface area contributed by atoms with Crippen LogP contribution < -0.4 is 5.73 Å². The van der Waals surface area contributed by atoms with Crippen molar-refractivity contribution >= 4 is 0 Å². The Morgan fingerprint density at radius 3 is 2.40 bits per heavy atom. The SMILES string of the molecule is CCc1ccc(C(CCN)C2CC2)cc1. The van der Waals surface area contributed by atoms with E-state index in [1.165, 1.54) is 24.0 Å². The number of benzene rings is 1. The summed E-state index contributed by atoms with van der Waals surface area (Å²) < 4.78 is 0. The van der Waals surface area contributed by atoms with Gasteiger partial charge >= 0.3 is 0 Å². The van der Waals surface area contributed by atoms with Gasteiger partial charge in [-0.1, -0.05) is 31.2 Å². The van der Waals surface area contributed by atoms with E-state index in [1.54, 1.807) is 0 Å². The van der Waals surface area contributed by atoms with Crippen LogP contribution in [-0.4, -0.2) is 6.54 Å². The van der Waals surface area contributed by atoms with Crippen LogP contribution in [-0.2, 0) is 6.42 Å². The average Bonchev–Trinajstić information content (AvgIpc) is 3.10. The summed E-state index contributed by atoms with van der Waals surface area (Å²) in [5.41, 5.74) is 8.62. The third kappa shape index (κ3) is 2.60. The van der Waals surface area contributed by atoms with Gasteiger partial charge in [-0.25, -0.2) is 0 Å². The van der Waals surface area contributed by atoms with Crippen molar-refractivity contribution in [3.8, 4) is 0 Å². The smallest absolute Gasteiger partial charge is 0.00713 e. The van der Waals surface area contributed by atoms with Gasteiger partial charge in [-0.15, -0.1) is 0 Å². The molecular formula is C14H21N. The van der Waals surface area contributed by atoms with E-state index in [1.807, 2.05) is 0 Å². The van der Waals surface area contributed by atoms with Crippen molar-refractivity contribution < 1.29 is 0 Å². The number of hydrogen-bond acceptors (Lipinski definition) is 1. The predicted molar refractivity (Wildman–Crippen MR) is 65.0 cm³/mol. The van der Waals surface area contributed by atoms with Crippen molar-refractivity contribution in [3.05, 3.63) is 35.4 Å². The van der Waals surface area contributed by atoms with Crippen LogP contribution in [0, 0.1) is 5.92 Å². The average molecular weight is 203 g/mol. The monoisotopic (exact) mass is 203 g/mol. The molecule has 1 aliphatic carbocycles. The minimum absolute atomic E-state index is 0.723. The van der Waals surface area contributed by atoms with Crippen molar-refractivity contribution in [2.24, 2.45) is 11.7 Å². The topological polar surface area (TPSA) is 26.0 Å².